The summed E-state index contributed by atoms with van der Waals surface area (Å²) in [7, 11) is 0. The smallest absolute Gasteiger partial charge is 0.322 e. The summed E-state index contributed by atoms with van der Waals surface area (Å²) in [6, 6.07) is 10.7. The molecule has 4 rings (SSSR count). The summed E-state index contributed by atoms with van der Waals surface area (Å²) in [6.07, 6.45) is 2.57. The molecule has 2 aromatic carbocycles. The van der Waals surface area contributed by atoms with Crippen molar-refractivity contribution in [3.63, 3.8) is 0 Å². The maximum atomic E-state index is 14.7. The first-order valence-electron chi connectivity index (χ1n) is 9.06. The van der Waals surface area contributed by atoms with Gasteiger partial charge >= 0.3 is 6.03 Å². The minimum absolute atomic E-state index is 0.227. The van der Waals surface area contributed by atoms with Gasteiger partial charge in [0.2, 0.25) is 0 Å². The number of halogens is 4. The summed E-state index contributed by atoms with van der Waals surface area (Å²) in [5.74, 6) is -1.37. The molecule has 2 amide bonds. The second-order valence-corrected chi connectivity index (χ2v) is 7.64. The van der Waals surface area contributed by atoms with Crippen molar-refractivity contribution in [2.45, 2.75) is 19.0 Å². The van der Waals surface area contributed by atoms with Crippen LogP contribution in [0.3, 0.4) is 0 Å². The summed E-state index contributed by atoms with van der Waals surface area (Å²) in [5.41, 5.74) is 1.38. The van der Waals surface area contributed by atoms with Gasteiger partial charge in [-0.1, -0.05) is 29.3 Å². The Labute approximate surface area is 176 Å². The van der Waals surface area contributed by atoms with Crippen LogP contribution in [-0.4, -0.2) is 22.0 Å². The standard InChI is InChI=1S/C21H17Cl2F2N3O/c22-13-4-7-18(16(23)11-13)26-21(29)28-10-2-9-27-8-1-3-19(27)20(28)15-6-5-14(24)12-17(15)25/h1,3-8,11-12,20H,2,9-10H2,(H,26,29). The number of amides is 2. The molecule has 1 aromatic heterocycles. The molecule has 0 fully saturated rings. The summed E-state index contributed by atoms with van der Waals surface area (Å²) in [6.45, 7) is 1.08. The lowest BCUT2D eigenvalue weighted by Gasteiger charge is -2.31. The van der Waals surface area contributed by atoms with Gasteiger partial charge in [-0.25, -0.2) is 13.6 Å². The Morgan fingerprint density at radius 3 is 2.66 bits per heavy atom. The van der Waals surface area contributed by atoms with Crippen molar-refractivity contribution in [1.29, 1.82) is 0 Å². The molecule has 0 saturated heterocycles. The number of hydrogen-bond acceptors (Lipinski definition) is 1. The normalized spacial score (nSPS) is 16.3. The van der Waals surface area contributed by atoms with Crippen molar-refractivity contribution < 1.29 is 13.6 Å². The number of carbonyl (C=O) groups excluding carboxylic acids is 1. The van der Waals surface area contributed by atoms with Crippen LogP contribution in [0.5, 0.6) is 0 Å². The number of carbonyl (C=O) groups is 1. The van der Waals surface area contributed by atoms with Crippen molar-refractivity contribution in [3.8, 4) is 0 Å². The van der Waals surface area contributed by atoms with E-state index in [1.54, 1.807) is 17.0 Å². The van der Waals surface area contributed by atoms with E-state index in [-0.39, 0.29) is 5.56 Å². The van der Waals surface area contributed by atoms with Gasteiger partial charge in [-0.05, 0) is 42.8 Å². The zero-order valence-electron chi connectivity index (χ0n) is 15.2. The van der Waals surface area contributed by atoms with Crippen LogP contribution in [0.15, 0.2) is 54.7 Å². The Hall–Kier alpha value is -2.57. The monoisotopic (exact) mass is 435 g/mol. The average molecular weight is 436 g/mol. The van der Waals surface area contributed by atoms with Crippen LogP contribution in [0.4, 0.5) is 19.3 Å². The van der Waals surface area contributed by atoms with Crippen LogP contribution in [0.1, 0.15) is 23.7 Å². The summed E-state index contributed by atoms with van der Waals surface area (Å²) < 4.78 is 30.2. The third-order valence-electron chi connectivity index (χ3n) is 4.95. The first kappa shape index (κ1) is 19.7. The number of aryl methyl sites for hydroxylation is 1. The van der Waals surface area contributed by atoms with E-state index in [0.29, 0.717) is 35.2 Å². The minimum atomic E-state index is -0.709. The van der Waals surface area contributed by atoms with Crippen LogP contribution in [-0.2, 0) is 6.54 Å². The number of nitrogens with zero attached hydrogens (tertiary/aromatic N) is 2. The van der Waals surface area contributed by atoms with E-state index in [0.717, 1.165) is 11.8 Å². The fraction of sp³-hybridized carbons (Fsp3) is 0.190. The third-order valence-corrected chi connectivity index (χ3v) is 5.49. The SMILES string of the molecule is O=C(Nc1ccc(Cl)cc1Cl)N1CCCn2cccc2C1c1ccc(F)cc1F. The van der Waals surface area contributed by atoms with Gasteiger partial charge in [0.15, 0.2) is 0 Å². The van der Waals surface area contributed by atoms with Crippen molar-refractivity contribution in [2.75, 3.05) is 11.9 Å². The van der Waals surface area contributed by atoms with E-state index < -0.39 is 23.7 Å². The molecule has 2 heterocycles. The van der Waals surface area contributed by atoms with Gasteiger partial charge < -0.3 is 14.8 Å². The molecule has 0 bridgehead atoms. The predicted octanol–water partition coefficient (Wildman–Crippen LogP) is 6.10. The number of hydrogen-bond donors (Lipinski definition) is 1. The van der Waals surface area contributed by atoms with Gasteiger partial charge in [0, 0.05) is 41.6 Å². The largest absolute Gasteiger partial charge is 0.349 e. The lowest BCUT2D eigenvalue weighted by molar-refractivity contribution is 0.198. The lowest BCUT2D eigenvalue weighted by Crippen LogP contribution is -2.39. The lowest BCUT2D eigenvalue weighted by atomic mass is 10.0. The molecule has 150 valence electrons. The molecule has 1 unspecified atom stereocenters. The molecule has 0 radical (unpaired) electrons. The molecule has 0 aliphatic carbocycles. The highest BCUT2D eigenvalue weighted by Crippen LogP contribution is 2.34. The fourth-order valence-electron chi connectivity index (χ4n) is 3.63. The maximum Gasteiger partial charge on any atom is 0.322 e. The van der Waals surface area contributed by atoms with Crippen molar-refractivity contribution in [1.82, 2.24) is 9.47 Å². The highest BCUT2D eigenvalue weighted by molar-refractivity contribution is 6.36. The van der Waals surface area contributed by atoms with Crippen LogP contribution in [0, 0.1) is 11.6 Å². The molecule has 1 aliphatic heterocycles. The Morgan fingerprint density at radius 1 is 1.07 bits per heavy atom. The molecular formula is C21H17Cl2F2N3O. The van der Waals surface area contributed by atoms with E-state index in [1.165, 1.54) is 18.2 Å². The first-order valence-corrected chi connectivity index (χ1v) is 9.82. The van der Waals surface area contributed by atoms with E-state index in [1.807, 2.05) is 22.9 Å². The second-order valence-electron chi connectivity index (χ2n) is 6.80. The number of urea groups is 1. The predicted molar refractivity (Wildman–Crippen MR) is 109 cm³/mol. The molecule has 8 heteroatoms. The number of rotatable bonds is 2. The fourth-order valence-corrected chi connectivity index (χ4v) is 4.08. The van der Waals surface area contributed by atoms with Crippen molar-refractivity contribution in [3.05, 3.63) is 87.7 Å². The highest BCUT2D eigenvalue weighted by Gasteiger charge is 2.33. The average Bonchev–Trinajstić information content (AvgIpc) is 3.05. The topological polar surface area (TPSA) is 37.3 Å². The third kappa shape index (κ3) is 3.95. The zero-order chi connectivity index (χ0) is 20.5. The Balaban J connectivity index is 1.74. The number of fused-ring (bicyclic) bond motifs is 1. The molecule has 1 atom stereocenters. The van der Waals surface area contributed by atoms with Gasteiger partial charge in [-0.2, -0.15) is 0 Å². The van der Waals surface area contributed by atoms with Gasteiger partial charge in [-0.3, -0.25) is 0 Å². The number of benzene rings is 2. The second kappa shape index (κ2) is 8.05. The van der Waals surface area contributed by atoms with Crippen LogP contribution < -0.4 is 5.32 Å². The molecule has 0 saturated carbocycles. The number of nitrogens with one attached hydrogen (secondary N) is 1. The van der Waals surface area contributed by atoms with E-state index >= 15 is 0 Å². The van der Waals surface area contributed by atoms with Gasteiger partial charge in [0.25, 0.3) is 0 Å². The molecular weight excluding hydrogens is 419 g/mol. The van der Waals surface area contributed by atoms with Crippen LogP contribution >= 0.6 is 23.2 Å². The maximum absolute atomic E-state index is 14.7. The van der Waals surface area contributed by atoms with Crippen molar-refractivity contribution in [2.24, 2.45) is 0 Å². The molecule has 1 aliphatic rings. The van der Waals surface area contributed by atoms with Crippen LogP contribution in [0.25, 0.3) is 0 Å². The molecule has 0 spiro atoms. The molecule has 3 aromatic rings. The molecule has 1 N–H and O–H groups in total. The van der Waals surface area contributed by atoms with E-state index in [4.69, 9.17) is 23.2 Å². The van der Waals surface area contributed by atoms with E-state index in [9.17, 15) is 13.6 Å². The van der Waals surface area contributed by atoms with E-state index in [2.05, 4.69) is 5.32 Å². The quantitative estimate of drug-likeness (QED) is 0.518. The van der Waals surface area contributed by atoms with Gasteiger partial charge in [0.1, 0.15) is 17.7 Å². The Bertz CT molecular complexity index is 1070. The zero-order valence-corrected chi connectivity index (χ0v) is 16.7. The van der Waals surface area contributed by atoms with Gasteiger partial charge in [-0.15, -0.1) is 0 Å². The summed E-state index contributed by atoms with van der Waals surface area (Å²) in [4.78, 5) is 14.7. The highest BCUT2D eigenvalue weighted by atomic mass is 35.5. The van der Waals surface area contributed by atoms with Gasteiger partial charge in [0.05, 0.1) is 10.7 Å². The summed E-state index contributed by atoms with van der Waals surface area (Å²) in [5, 5.41) is 3.53. The number of aromatic nitrogens is 1. The Kier molecular flexibility index (Phi) is 5.48. The first-order chi connectivity index (χ1) is 13.9. The minimum Gasteiger partial charge on any atom is -0.349 e. The van der Waals surface area contributed by atoms with Crippen molar-refractivity contribution >= 4 is 34.9 Å². The Morgan fingerprint density at radius 2 is 1.90 bits per heavy atom. The molecule has 4 nitrogen and oxygen atoms in total. The van der Waals surface area contributed by atoms with Crippen LogP contribution in [0.2, 0.25) is 10.0 Å². The number of anilines is 1. The summed E-state index contributed by atoms with van der Waals surface area (Å²) >= 11 is 12.1. The molecule has 29 heavy (non-hydrogen) atoms.